The Kier molecular flexibility index (Phi) is 21.9. The number of nitrogens with zero attached hydrogens (tertiary/aromatic N) is 4. The summed E-state index contributed by atoms with van der Waals surface area (Å²) in [5, 5.41) is 42.1. The molecule has 0 spiro atoms. The van der Waals surface area contributed by atoms with Crippen molar-refractivity contribution in [3.05, 3.63) is 35.4 Å². The normalized spacial score (nSPS) is 8.12. The number of carbonyl (C=O) groups excluding carboxylic acids is 4. The summed E-state index contributed by atoms with van der Waals surface area (Å²) in [5.41, 5.74) is -1.60. The number of carboxylic acid groups (broad SMARTS) is 4. The standard InChI is InChI=1S/2C7H8N2O4.5H2O.Zn/c2*1-8-3-9(2)5(7(12)13)4(8)6(10)11;;;;;;/h2*3H,1-2H3,(H-,10,11,12,13);5*1H2;/q;;;;;;;+2/p+1. The van der Waals surface area contributed by atoms with Gasteiger partial charge in [-0.3, -0.25) is 0 Å². The number of aromatic carboxylic acids is 4. The van der Waals surface area contributed by atoms with E-state index in [4.69, 9.17) is 0 Å². The van der Waals surface area contributed by atoms with Crippen LogP contribution in [0, 0.1) is 0 Å². The number of carbonyl (C=O) groups is 4. The maximum Gasteiger partial charge on any atom is 2.00 e. The summed E-state index contributed by atoms with van der Waals surface area (Å²) in [6.45, 7) is 0. The van der Waals surface area contributed by atoms with Gasteiger partial charge in [0.05, 0.1) is 28.2 Å². The molecule has 18 heteroatoms. The first-order valence-electron chi connectivity index (χ1n) is 6.85. The van der Waals surface area contributed by atoms with Crippen LogP contribution < -0.4 is 29.6 Å². The molecular formula is C14H27N4O13Zn+3. The van der Waals surface area contributed by atoms with Crippen LogP contribution in [0.25, 0.3) is 0 Å². The Labute approximate surface area is 192 Å². The molecule has 2 aromatic heterocycles. The van der Waals surface area contributed by atoms with E-state index in [1.54, 1.807) is 0 Å². The Morgan fingerprint density at radius 1 is 0.656 bits per heavy atom. The van der Waals surface area contributed by atoms with Crippen LogP contribution in [0.2, 0.25) is 0 Å². The molecule has 0 aliphatic rings. The van der Waals surface area contributed by atoms with E-state index >= 15 is 0 Å². The zero-order chi connectivity index (χ0) is 20.3. The molecule has 2 heterocycles. The predicted octanol–water partition coefficient (Wildman–Crippen LogP) is -11.3. The molecule has 0 saturated carbocycles. The van der Waals surface area contributed by atoms with Crippen molar-refractivity contribution in [2.24, 2.45) is 28.2 Å². The first-order valence-corrected chi connectivity index (χ1v) is 6.85. The van der Waals surface area contributed by atoms with E-state index in [9.17, 15) is 39.6 Å². The van der Waals surface area contributed by atoms with Crippen molar-refractivity contribution in [2.45, 2.75) is 0 Å². The quantitative estimate of drug-likeness (QED) is 0.209. The van der Waals surface area contributed by atoms with E-state index in [2.05, 4.69) is 0 Å². The summed E-state index contributed by atoms with van der Waals surface area (Å²) in [4.78, 5) is 42.1. The zero-order valence-electron chi connectivity index (χ0n) is 17.6. The molecule has 17 nitrogen and oxygen atoms in total. The van der Waals surface area contributed by atoms with Gasteiger partial charge in [0.1, 0.15) is 23.9 Å². The van der Waals surface area contributed by atoms with Gasteiger partial charge in [0, 0.05) is 0 Å². The van der Waals surface area contributed by atoms with Gasteiger partial charge in [-0.05, 0) is 0 Å². The van der Waals surface area contributed by atoms with Crippen molar-refractivity contribution in [2.75, 3.05) is 0 Å². The SMILES string of the molecule is Cn1c[n+](C)c(C(=O)[O-])c1C(=O)[O-].Cn1c[n+](C)c(C(=O)[O-])c1C(=O)[O-].O.O.[OH3+].[OH3+].[OH3+].[Zn+2]. The van der Waals surface area contributed by atoms with E-state index < -0.39 is 46.7 Å². The Balaban J connectivity index is -0.0000000889. The van der Waals surface area contributed by atoms with Crippen molar-refractivity contribution in [1.82, 2.24) is 9.13 Å². The molecule has 0 amide bonds. The molecule has 0 aliphatic heterocycles. The summed E-state index contributed by atoms with van der Waals surface area (Å²) in [5.74, 6) is -6.16. The first-order chi connectivity index (χ1) is 11.9. The third kappa shape index (κ3) is 8.84. The number of rotatable bonds is 4. The maximum absolute atomic E-state index is 10.5. The Morgan fingerprint density at radius 2 is 0.875 bits per heavy atom. The van der Waals surface area contributed by atoms with Gasteiger partial charge in [-0.1, -0.05) is 0 Å². The van der Waals surface area contributed by atoms with Crippen molar-refractivity contribution in [1.29, 1.82) is 0 Å². The van der Waals surface area contributed by atoms with Crippen molar-refractivity contribution in [3.63, 3.8) is 0 Å². The van der Waals surface area contributed by atoms with E-state index in [0.29, 0.717) is 0 Å². The molecule has 2 aromatic rings. The summed E-state index contributed by atoms with van der Waals surface area (Å²) < 4.78 is 4.61. The molecular weight excluding hydrogens is 498 g/mol. The van der Waals surface area contributed by atoms with E-state index in [0.717, 1.165) is 18.3 Å². The molecule has 0 unspecified atom stereocenters. The maximum atomic E-state index is 10.5. The van der Waals surface area contributed by atoms with Gasteiger partial charge >= 0.3 is 19.5 Å². The van der Waals surface area contributed by atoms with Gasteiger partial charge < -0.3 is 67.0 Å². The summed E-state index contributed by atoms with van der Waals surface area (Å²) in [6.07, 6.45) is 2.63. The van der Waals surface area contributed by atoms with Gasteiger partial charge in [-0.15, -0.1) is 0 Å². The van der Waals surface area contributed by atoms with Crippen LogP contribution in [-0.2, 0) is 64.1 Å². The minimum atomic E-state index is -1.54. The molecule has 0 atom stereocenters. The van der Waals surface area contributed by atoms with Crippen molar-refractivity contribution < 1.29 is 95.6 Å². The van der Waals surface area contributed by atoms with Crippen LogP contribution in [0.4, 0.5) is 0 Å². The summed E-state index contributed by atoms with van der Waals surface area (Å²) >= 11 is 0. The third-order valence-corrected chi connectivity index (χ3v) is 3.33. The molecule has 0 fully saturated rings. The van der Waals surface area contributed by atoms with Crippen LogP contribution in [0.5, 0.6) is 0 Å². The van der Waals surface area contributed by atoms with Crippen molar-refractivity contribution in [3.8, 4) is 0 Å². The molecule has 2 rings (SSSR count). The fourth-order valence-electron chi connectivity index (χ4n) is 2.38. The topological polar surface area (TPSA) is 340 Å². The largest absolute Gasteiger partial charge is 2.00 e. The third-order valence-electron chi connectivity index (χ3n) is 3.33. The van der Waals surface area contributed by atoms with Crippen LogP contribution in [0.1, 0.15) is 42.0 Å². The average Bonchev–Trinajstić information content (AvgIpc) is 2.94. The van der Waals surface area contributed by atoms with Gasteiger partial charge in [-0.25, -0.2) is 18.3 Å². The molecule has 0 aliphatic carbocycles. The number of aromatic nitrogens is 4. The van der Waals surface area contributed by atoms with Gasteiger partial charge in [0.25, 0.3) is 0 Å². The fraction of sp³-hybridized carbons (Fsp3) is 0.286. The number of hydrogen-bond donors (Lipinski definition) is 0. The fourth-order valence-corrected chi connectivity index (χ4v) is 2.38. The number of hydrogen-bond acceptors (Lipinski definition) is 8. The van der Waals surface area contributed by atoms with E-state index in [1.807, 2.05) is 0 Å². The Bertz CT molecular complexity index is 779. The molecule has 13 N–H and O–H groups in total. The minimum absolute atomic E-state index is 0. The number of imidazole rings is 2. The van der Waals surface area contributed by atoms with Crippen LogP contribution in [0.15, 0.2) is 12.7 Å². The zero-order valence-corrected chi connectivity index (χ0v) is 20.6. The Morgan fingerprint density at radius 3 is 1.00 bits per heavy atom. The van der Waals surface area contributed by atoms with Crippen LogP contribution >= 0.6 is 0 Å². The van der Waals surface area contributed by atoms with Gasteiger partial charge in [0.2, 0.25) is 12.7 Å². The van der Waals surface area contributed by atoms with Crippen LogP contribution in [0.3, 0.4) is 0 Å². The van der Waals surface area contributed by atoms with Crippen LogP contribution in [-0.4, -0.2) is 44.0 Å². The molecule has 0 bridgehead atoms. The smallest absolute Gasteiger partial charge is 0.541 e. The number of carboxylic acids is 4. The monoisotopic (exact) mass is 523 g/mol. The molecule has 32 heavy (non-hydrogen) atoms. The van der Waals surface area contributed by atoms with Gasteiger partial charge in [0.15, 0.2) is 22.8 Å². The molecule has 0 radical (unpaired) electrons. The van der Waals surface area contributed by atoms with Gasteiger partial charge in [-0.2, -0.15) is 0 Å². The van der Waals surface area contributed by atoms with E-state index in [1.165, 1.54) is 40.8 Å². The first kappa shape index (κ1) is 42.8. The summed E-state index contributed by atoms with van der Waals surface area (Å²) in [7, 11) is 5.66. The second-order valence-electron chi connectivity index (χ2n) is 5.22. The summed E-state index contributed by atoms with van der Waals surface area (Å²) in [6, 6.07) is 0. The molecule has 0 saturated heterocycles. The minimum Gasteiger partial charge on any atom is -0.541 e. The number of aryl methyl sites for hydroxylation is 4. The second kappa shape index (κ2) is 16.4. The second-order valence-corrected chi connectivity index (χ2v) is 5.22. The molecule has 0 aromatic carbocycles. The Hall–Kier alpha value is -3.28. The molecule has 180 valence electrons. The predicted molar refractivity (Wildman–Crippen MR) is 92.3 cm³/mol. The van der Waals surface area contributed by atoms with E-state index in [-0.39, 0.29) is 46.9 Å². The van der Waals surface area contributed by atoms with Crippen molar-refractivity contribution >= 4 is 23.9 Å². The average molecular weight is 525 g/mol.